The van der Waals surface area contributed by atoms with Crippen LogP contribution in [0.25, 0.3) is 0 Å². The molecule has 0 aromatic carbocycles. The summed E-state index contributed by atoms with van der Waals surface area (Å²) in [6, 6.07) is 0.282. The van der Waals surface area contributed by atoms with Crippen molar-refractivity contribution in [2.75, 3.05) is 7.05 Å². The van der Waals surface area contributed by atoms with Crippen molar-refractivity contribution in [3.05, 3.63) is 0 Å². The van der Waals surface area contributed by atoms with Crippen molar-refractivity contribution in [3.63, 3.8) is 0 Å². The van der Waals surface area contributed by atoms with Crippen molar-refractivity contribution in [1.82, 2.24) is 4.90 Å². The lowest BCUT2D eigenvalue weighted by Crippen LogP contribution is -2.46. The second-order valence-corrected chi connectivity index (χ2v) is 4.18. The number of rotatable bonds is 3. The Bertz CT molecular complexity index is 349. The first-order valence-electron chi connectivity index (χ1n) is 5.32. The molecule has 0 radical (unpaired) electrons. The van der Waals surface area contributed by atoms with E-state index in [1.807, 2.05) is 0 Å². The lowest BCUT2D eigenvalue weighted by atomic mass is 9.91. The first kappa shape index (κ1) is 10.9. The van der Waals surface area contributed by atoms with Crippen LogP contribution in [0.2, 0.25) is 0 Å². The average Bonchev–Trinajstić information content (AvgIpc) is 2.62. The molecule has 16 heavy (non-hydrogen) atoms. The van der Waals surface area contributed by atoms with Gasteiger partial charge in [0, 0.05) is 19.5 Å². The van der Waals surface area contributed by atoms with E-state index in [4.69, 9.17) is 9.94 Å². The highest BCUT2D eigenvalue weighted by molar-refractivity contribution is 6.36. The van der Waals surface area contributed by atoms with Gasteiger partial charge in [-0.05, 0) is 19.3 Å². The van der Waals surface area contributed by atoms with Gasteiger partial charge in [0.25, 0.3) is 5.91 Å². The molecule has 0 saturated heterocycles. The fourth-order valence-electron chi connectivity index (χ4n) is 1.82. The van der Waals surface area contributed by atoms with Gasteiger partial charge in [-0.15, -0.1) is 0 Å². The molecule has 1 aliphatic heterocycles. The Morgan fingerprint density at radius 1 is 1.50 bits per heavy atom. The number of carboxylic acids is 1. The Labute approximate surface area is 92.9 Å². The van der Waals surface area contributed by atoms with Crippen molar-refractivity contribution in [2.45, 2.75) is 37.8 Å². The number of amides is 1. The average molecular weight is 226 g/mol. The molecule has 88 valence electrons. The summed E-state index contributed by atoms with van der Waals surface area (Å²) in [7, 11) is 1.73. The summed E-state index contributed by atoms with van der Waals surface area (Å²) in [5, 5.41) is 12.1. The van der Waals surface area contributed by atoms with Crippen molar-refractivity contribution in [3.8, 4) is 0 Å². The van der Waals surface area contributed by atoms with Gasteiger partial charge in [-0.1, -0.05) is 5.16 Å². The molecule has 1 aliphatic carbocycles. The number of carbonyl (C=O) groups is 2. The van der Waals surface area contributed by atoms with E-state index < -0.39 is 12.1 Å². The van der Waals surface area contributed by atoms with Gasteiger partial charge in [0.05, 0.1) is 0 Å². The molecular weight excluding hydrogens is 212 g/mol. The van der Waals surface area contributed by atoms with Crippen molar-refractivity contribution < 1.29 is 19.5 Å². The molecule has 1 saturated carbocycles. The maximum atomic E-state index is 11.9. The third-order valence-electron chi connectivity index (χ3n) is 3.16. The number of hydrogen-bond acceptors (Lipinski definition) is 4. The number of aliphatic carboxylic acids is 1. The Kier molecular flexibility index (Phi) is 2.80. The van der Waals surface area contributed by atoms with Crippen molar-refractivity contribution >= 4 is 17.6 Å². The quantitative estimate of drug-likeness (QED) is 0.747. The normalized spacial score (nSPS) is 24.3. The molecule has 1 N–H and O–H groups in total. The first-order chi connectivity index (χ1) is 7.59. The minimum Gasteiger partial charge on any atom is -0.477 e. The SMILES string of the molecule is CN(C(=O)C1CC(C(=O)O)=NO1)C1CCC1. The molecule has 2 rings (SSSR count). The van der Waals surface area contributed by atoms with E-state index in [0.29, 0.717) is 0 Å². The van der Waals surface area contributed by atoms with E-state index in [1.165, 1.54) is 0 Å². The third kappa shape index (κ3) is 1.87. The van der Waals surface area contributed by atoms with Gasteiger partial charge >= 0.3 is 5.97 Å². The number of nitrogens with zero attached hydrogens (tertiary/aromatic N) is 2. The molecule has 1 fully saturated rings. The van der Waals surface area contributed by atoms with Gasteiger partial charge in [0.15, 0.2) is 5.71 Å². The van der Waals surface area contributed by atoms with E-state index >= 15 is 0 Å². The van der Waals surface area contributed by atoms with Gasteiger partial charge in [-0.3, -0.25) is 4.79 Å². The Hall–Kier alpha value is -1.59. The summed E-state index contributed by atoms with van der Waals surface area (Å²) in [6.45, 7) is 0. The van der Waals surface area contributed by atoms with E-state index in [0.717, 1.165) is 19.3 Å². The van der Waals surface area contributed by atoms with Gasteiger partial charge in [0.1, 0.15) is 0 Å². The van der Waals surface area contributed by atoms with Crippen LogP contribution in [-0.4, -0.2) is 46.8 Å². The third-order valence-corrected chi connectivity index (χ3v) is 3.16. The molecule has 0 aromatic rings. The predicted molar refractivity (Wildman–Crippen MR) is 55.0 cm³/mol. The molecule has 1 atom stereocenters. The molecule has 2 aliphatic rings. The molecule has 1 amide bonds. The van der Waals surface area contributed by atoms with Crippen LogP contribution < -0.4 is 0 Å². The van der Waals surface area contributed by atoms with Gasteiger partial charge in [-0.25, -0.2) is 4.79 Å². The zero-order chi connectivity index (χ0) is 11.7. The summed E-state index contributed by atoms with van der Waals surface area (Å²) in [5.74, 6) is -1.30. The molecule has 6 heteroatoms. The Balaban J connectivity index is 1.90. The fourth-order valence-corrected chi connectivity index (χ4v) is 1.82. The summed E-state index contributed by atoms with van der Waals surface area (Å²) >= 11 is 0. The van der Waals surface area contributed by atoms with E-state index in [9.17, 15) is 9.59 Å². The van der Waals surface area contributed by atoms with E-state index in [2.05, 4.69) is 5.16 Å². The maximum Gasteiger partial charge on any atom is 0.353 e. The smallest absolute Gasteiger partial charge is 0.353 e. The van der Waals surface area contributed by atoms with E-state index in [1.54, 1.807) is 11.9 Å². The van der Waals surface area contributed by atoms with Crippen molar-refractivity contribution in [2.24, 2.45) is 5.16 Å². The second-order valence-electron chi connectivity index (χ2n) is 4.18. The number of carboxylic acid groups (broad SMARTS) is 1. The maximum absolute atomic E-state index is 11.9. The molecule has 6 nitrogen and oxygen atoms in total. The van der Waals surface area contributed by atoms with Crippen LogP contribution in [0.1, 0.15) is 25.7 Å². The zero-order valence-electron chi connectivity index (χ0n) is 9.05. The Morgan fingerprint density at radius 3 is 2.62 bits per heavy atom. The molecule has 0 bridgehead atoms. The topological polar surface area (TPSA) is 79.2 Å². The Morgan fingerprint density at radius 2 is 2.19 bits per heavy atom. The van der Waals surface area contributed by atoms with Crippen LogP contribution in [0.15, 0.2) is 5.16 Å². The van der Waals surface area contributed by atoms with Crippen LogP contribution in [0.5, 0.6) is 0 Å². The number of hydrogen-bond donors (Lipinski definition) is 1. The van der Waals surface area contributed by atoms with E-state index in [-0.39, 0.29) is 24.1 Å². The van der Waals surface area contributed by atoms with Crippen LogP contribution in [0, 0.1) is 0 Å². The minimum atomic E-state index is -1.12. The molecular formula is C10H14N2O4. The fraction of sp³-hybridized carbons (Fsp3) is 0.700. The first-order valence-corrected chi connectivity index (χ1v) is 5.32. The summed E-state index contributed by atoms with van der Waals surface area (Å²) in [6.07, 6.45) is 2.48. The molecule has 0 aromatic heterocycles. The van der Waals surface area contributed by atoms with Gasteiger partial charge in [0.2, 0.25) is 6.10 Å². The van der Waals surface area contributed by atoms with Gasteiger partial charge < -0.3 is 14.8 Å². The molecule has 0 spiro atoms. The number of oxime groups is 1. The lowest BCUT2D eigenvalue weighted by Gasteiger charge is -2.35. The molecule has 1 heterocycles. The summed E-state index contributed by atoms with van der Waals surface area (Å²) in [4.78, 5) is 29.0. The highest BCUT2D eigenvalue weighted by Crippen LogP contribution is 2.25. The van der Waals surface area contributed by atoms with Crippen LogP contribution in [0.4, 0.5) is 0 Å². The van der Waals surface area contributed by atoms with Crippen LogP contribution >= 0.6 is 0 Å². The zero-order valence-corrected chi connectivity index (χ0v) is 9.05. The standard InChI is InChI=1S/C10H14N2O4/c1-12(6-3-2-4-6)9(13)8-5-7(10(14)15)11-16-8/h6,8H,2-5H2,1H3,(H,14,15). The van der Waals surface area contributed by atoms with Crippen LogP contribution in [-0.2, 0) is 14.4 Å². The predicted octanol–water partition coefficient (Wildman–Crippen LogP) is 0.227. The van der Waals surface area contributed by atoms with Crippen molar-refractivity contribution in [1.29, 1.82) is 0 Å². The van der Waals surface area contributed by atoms with Crippen LogP contribution in [0.3, 0.4) is 0 Å². The lowest BCUT2D eigenvalue weighted by molar-refractivity contribution is -0.144. The second kappa shape index (κ2) is 4.11. The monoisotopic (exact) mass is 226 g/mol. The number of likely N-dealkylation sites (N-methyl/N-ethyl adjacent to an activating group) is 1. The highest BCUT2D eigenvalue weighted by atomic mass is 16.6. The minimum absolute atomic E-state index is 0.0607. The summed E-state index contributed by atoms with van der Waals surface area (Å²) < 4.78 is 0. The number of carbonyl (C=O) groups excluding carboxylic acids is 1. The van der Waals surface area contributed by atoms with Gasteiger partial charge in [-0.2, -0.15) is 0 Å². The molecule has 1 unspecified atom stereocenters. The highest BCUT2D eigenvalue weighted by Gasteiger charge is 2.36. The largest absolute Gasteiger partial charge is 0.477 e. The summed E-state index contributed by atoms with van der Waals surface area (Å²) in [5.41, 5.74) is -0.0830.